The van der Waals surface area contributed by atoms with Crippen molar-refractivity contribution in [3.8, 4) is 0 Å². The van der Waals surface area contributed by atoms with Crippen LogP contribution in [-0.2, 0) is 4.79 Å². The van der Waals surface area contributed by atoms with Crippen molar-refractivity contribution in [1.29, 1.82) is 0 Å². The van der Waals surface area contributed by atoms with Crippen LogP contribution in [0.15, 0.2) is 0 Å². The Hall–Kier alpha value is -0.330. The summed E-state index contributed by atoms with van der Waals surface area (Å²) in [5.74, 6) is 0.521. The van der Waals surface area contributed by atoms with Crippen LogP contribution in [0.25, 0.3) is 0 Å². The van der Waals surface area contributed by atoms with Gasteiger partial charge in [0.15, 0.2) is 0 Å². The van der Waals surface area contributed by atoms with Crippen molar-refractivity contribution >= 4 is 5.78 Å². The normalized spacial score (nSPS) is 21.1. The predicted molar refractivity (Wildman–Crippen MR) is 60.3 cm³/mol. The number of ketones is 1. The largest absolute Gasteiger partial charge is 0.298 e. The van der Waals surface area contributed by atoms with Gasteiger partial charge in [-0.25, -0.2) is 0 Å². The molecule has 0 saturated heterocycles. The minimum Gasteiger partial charge on any atom is -0.298 e. The van der Waals surface area contributed by atoms with Crippen LogP contribution < -0.4 is 0 Å². The first-order valence-electron chi connectivity index (χ1n) is 6.03. The molecule has 0 aliphatic heterocycles. The van der Waals surface area contributed by atoms with Crippen molar-refractivity contribution in [2.75, 3.05) is 0 Å². The van der Waals surface area contributed by atoms with E-state index in [0.717, 1.165) is 25.7 Å². The minimum atomic E-state index is -0.111. The molecule has 0 heterocycles. The van der Waals surface area contributed by atoms with Gasteiger partial charge in [-0.2, -0.15) is 0 Å². The zero-order valence-electron chi connectivity index (χ0n) is 10.2. The molecule has 0 aromatic heterocycles. The molecule has 0 unspecified atom stereocenters. The van der Waals surface area contributed by atoms with Gasteiger partial charge in [-0.1, -0.05) is 40.5 Å². The Labute approximate surface area is 88.3 Å². The maximum absolute atomic E-state index is 12.5. The van der Waals surface area contributed by atoms with Gasteiger partial charge in [0.25, 0.3) is 0 Å². The average Bonchev–Trinajstić information content (AvgIpc) is 2.66. The summed E-state index contributed by atoms with van der Waals surface area (Å²) in [7, 11) is 0. The molecule has 0 atom stereocenters. The molecular weight excluding hydrogens is 172 g/mol. The molecule has 0 spiro atoms. The fourth-order valence-electron chi connectivity index (χ4n) is 2.67. The number of hydrogen-bond donors (Lipinski definition) is 0. The van der Waals surface area contributed by atoms with Crippen LogP contribution in [-0.4, -0.2) is 5.78 Å². The van der Waals surface area contributed by atoms with Gasteiger partial charge in [-0.05, 0) is 25.7 Å². The third-order valence-corrected chi connectivity index (χ3v) is 4.22. The maximum atomic E-state index is 12.5. The van der Waals surface area contributed by atoms with E-state index in [4.69, 9.17) is 0 Å². The van der Waals surface area contributed by atoms with Crippen molar-refractivity contribution in [2.24, 2.45) is 10.8 Å². The van der Waals surface area contributed by atoms with Gasteiger partial charge in [0.05, 0.1) is 0 Å². The number of carbonyl (C=O) groups is 1. The van der Waals surface area contributed by atoms with Gasteiger partial charge in [0.1, 0.15) is 5.78 Å². The van der Waals surface area contributed by atoms with Crippen LogP contribution in [0.3, 0.4) is 0 Å². The van der Waals surface area contributed by atoms with Gasteiger partial charge in [-0.3, -0.25) is 4.79 Å². The summed E-state index contributed by atoms with van der Waals surface area (Å²) in [6.45, 7) is 8.50. The van der Waals surface area contributed by atoms with Gasteiger partial charge < -0.3 is 0 Å². The van der Waals surface area contributed by atoms with Crippen LogP contribution in [0.5, 0.6) is 0 Å². The van der Waals surface area contributed by atoms with Crippen LogP contribution in [0.4, 0.5) is 0 Å². The molecule has 1 aliphatic rings. The lowest BCUT2D eigenvalue weighted by molar-refractivity contribution is -0.137. The Kier molecular flexibility index (Phi) is 3.39. The number of carbonyl (C=O) groups excluding carboxylic acids is 1. The second-order valence-electron chi connectivity index (χ2n) is 5.41. The summed E-state index contributed by atoms with van der Waals surface area (Å²) >= 11 is 0. The van der Waals surface area contributed by atoms with E-state index < -0.39 is 0 Å². The first kappa shape index (κ1) is 11.7. The number of hydrogen-bond acceptors (Lipinski definition) is 1. The lowest BCUT2D eigenvalue weighted by Crippen LogP contribution is -2.38. The molecule has 0 N–H and O–H groups in total. The van der Waals surface area contributed by atoms with Crippen molar-refractivity contribution in [2.45, 2.75) is 66.2 Å². The summed E-state index contributed by atoms with van der Waals surface area (Å²) in [4.78, 5) is 12.5. The summed E-state index contributed by atoms with van der Waals surface area (Å²) in [5, 5.41) is 0. The van der Waals surface area contributed by atoms with Crippen molar-refractivity contribution in [1.82, 2.24) is 0 Å². The van der Waals surface area contributed by atoms with E-state index in [1.807, 2.05) is 0 Å². The minimum absolute atomic E-state index is 0.0412. The third kappa shape index (κ3) is 1.87. The lowest BCUT2D eigenvalue weighted by atomic mass is 9.68. The van der Waals surface area contributed by atoms with E-state index in [0.29, 0.717) is 5.78 Å². The van der Waals surface area contributed by atoms with E-state index in [9.17, 15) is 4.79 Å². The highest BCUT2D eigenvalue weighted by atomic mass is 16.1. The maximum Gasteiger partial charge on any atom is 0.144 e. The van der Waals surface area contributed by atoms with E-state index in [-0.39, 0.29) is 10.8 Å². The second kappa shape index (κ2) is 4.04. The van der Waals surface area contributed by atoms with Crippen LogP contribution >= 0.6 is 0 Å². The topological polar surface area (TPSA) is 17.1 Å². The SMILES string of the molecule is CCC(C)(C)C(=O)C1(CC)CCCC1. The smallest absolute Gasteiger partial charge is 0.144 e. The van der Waals surface area contributed by atoms with Crippen molar-refractivity contribution < 1.29 is 4.79 Å². The molecule has 0 aromatic rings. The zero-order valence-corrected chi connectivity index (χ0v) is 10.2. The molecule has 14 heavy (non-hydrogen) atoms. The molecule has 0 aromatic carbocycles. The van der Waals surface area contributed by atoms with Gasteiger partial charge >= 0.3 is 0 Å². The first-order chi connectivity index (χ1) is 6.48. The van der Waals surface area contributed by atoms with Gasteiger partial charge in [0.2, 0.25) is 0 Å². The monoisotopic (exact) mass is 196 g/mol. The first-order valence-corrected chi connectivity index (χ1v) is 6.03. The lowest BCUT2D eigenvalue weighted by Gasteiger charge is -2.34. The van der Waals surface area contributed by atoms with Gasteiger partial charge in [-0.15, -0.1) is 0 Å². The third-order valence-electron chi connectivity index (χ3n) is 4.22. The Morgan fingerprint density at radius 3 is 2.07 bits per heavy atom. The number of rotatable bonds is 4. The molecule has 1 heteroatoms. The molecule has 1 fully saturated rings. The molecule has 0 radical (unpaired) electrons. The summed E-state index contributed by atoms with van der Waals surface area (Å²) in [6, 6.07) is 0. The summed E-state index contributed by atoms with van der Waals surface area (Å²) in [5.41, 5.74) is -0.0696. The van der Waals surface area contributed by atoms with E-state index in [2.05, 4.69) is 27.7 Å². The van der Waals surface area contributed by atoms with Crippen LogP contribution in [0.1, 0.15) is 66.2 Å². The number of Topliss-reactive ketones (excluding diaryl/α,β-unsaturated/α-hetero) is 1. The second-order valence-corrected chi connectivity index (χ2v) is 5.41. The fourth-order valence-corrected chi connectivity index (χ4v) is 2.67. The van der Waals surface area contributed by atoms with Crippen LogP contribution in [0.2, 0.25) is 0 Å². The quantitative estimate of drug-likeness (QED) is 0.665. The summed E-state index contributed by atoms with van der Waals surface area (Å²) < 4.78 is 0. The molecule has 1 aliphatic carbocycles. The Morgan fingerprint density at radius 2 is 1.71 bits per heavy atom. The van der Waals surface area contributed by atoms with E-state index in [1.54, 1.807) is 0 Å². The van der Waals surface area contributed by atoms with E-state index >= 15 is 0 Å². The fraction of sp³-hybridized carbons (Fsp3) is 0.923. The van der Waals surface area contributed by atoms with Gasteiger partial charge in [0, 0.05) is 10.8 Å². The Morgan fingerprint density at radius 1 is 1.21 bits per heavy atom. The molecular formula is C13H24O. The molecule has 82 valence electrons. The van der Waals surface area contributed by atoms with Crippen molar-refractivity contribution in [3.63, 3.8) is 0 Å². The van der Waals surface area contributed by atoms with Crippen LogP contribution in [0, 0.1) is 10.8 Å². The highest BCUT2D eigenvalue weighted by Crippen LogP contribution is 2.46. The molecule has 1 nitrogen and oxygen atoms in total. The Bertz CT molecular complexity index is 209. The Balaban J connectivity index is 2.85. The molecule has 0 bridgehead atoms. The predicted octanol–water partition coefficient (Wildman–Crippen LogP) is 3.96. The van der Waals surface area contributed by atoms with Crippen molar-refractivity contribution in [3.05, 3.63) is 0 Å². The highest BCUT2D eigenvalue weighted by Gasteiger charge is 2.44. The zero-order chi connectivity index (χ0) is 10.8. The summed E-state index contributed by atoms with van der Waals surface area (Å²) in [6.07, 6.45) is 6.76. The molecule has 1 rings (SSSR count). The average molecular weight is 196 g/mol. The van der Waals surface area contributed by atoms with E-state index in [1.165, 1.54) is 12.8 Å². The molecule has 1 saturated carbocycles. The molecule has 0 amide bonds. The highest BCUT2D eigenvalue weighted by molar-refractivity contribution is 5.89. The standard InChI is InChI=1S/C13H24O/c1-5-12(3,4)11(14)13(6-2)9-7-8-10-13/h5-10H2,1-4H3.